The predicted octanol–water partition coefficient (Wildman–Crippen LogP) is 1.18. The molecule has 0 atom stereocenters. The van der Waals surface area contributed by atoms with Crippen LogP contribution in [0.25, 0.3) is 22.4 Å². The standard InChI is InChI=1S/C11H10N6/c12-7-5-10(13)16-11-6(7)1-2-8(15-11)9-3-4-14-17-9/h1-5H,(H,14,17)(H4,12,13,15,16). The number of nitrogens with two attached hydrogens (primary N) is 2. The minimum absolute atomic E-state index is 0.365. The van der Waals surface area contributed by atoms with Gasteiger partial charge in [0.2, 0.25) is 0 Å². The Labute approximate surface area is 96.7 Å². The third-order valence-electron chi connectivity index (χ3n) is 2.50. The third-order valence-corrected chi connectivity index (χ3v) is 2.50. The number of nitrogens with zero attached hydrogens (tertiary/aromatic N) is 3. The summed E-state index contributed by atoms with van der Waals surface area (Å²) in [5.41, 5.74) is 14.2. The number of hydrogen-bond donors (Lipinski definition) is 3. The van der Waals surface area contributed by atoms with E-state index in [2.05, 4.69) is 20.2 Å². The van der Waals surface area contributed by atoms with Gasteiger partial charge in [-0.3, -0.25) is 5.10 Å². The maximum Gasteiger partial charge on any atom is 0.164 e. The maximum atomic E-state index is 5.85. The molecule has 0 aromatic carbocycles. The molecule has 0 bridgehead atoms. The van der Waals surface area contributed by atoms with Crippen LogP contribution in [0.3, 0.4) is 0 Å². The van der Waals surface area contributed by atoms with Gasteiger partial charge in [0.25, 0.3) is 0 Å². The van der Waals surface area contributed by atoms with Gasteiger partial charge in [0.1, 0.15) is 5.82 Å². The van der Waals surface area contributed by atoms with Gasteiger partial charge in [-0.15, -0.1) is 0 Å². The summed E-state index contributed by atoms with van der Waals surface area (Å²) < 4.78 is 0. The van der Waals surface area contributed by atoms with E-state index in [0.717, 1.165) is 16.8 Å². The van der Waals surface area contributed by atoms with Gasteiger partial charge in [-0.2, -0.15) is 5.10 Å². The summed E-state index contributed by atoms with van der Waals surface area (Å²) in [6, 6.07) is 7.20. The lowest BCUT2D eigenvalue weighted by atomic mass is 10.2. The van der Waals surface area contributed by atoms with Crippen molar-refractivity contribution >= 4 is 22.5 Å². The van der Waals surface area contributed by atoms with Gasteiger partial charge in [-0.05, 0) is 18.2 Å². The van der Waals surface area contributed by atoms with Gasteiger partial charge in [0, 0.05) is 23.3 Å². The van der Waals surface area contributed by atoms with Crippen LogP contribution >= 0.6 is 0 Å². The minimum Gasteiger partial charge on any atom is -0.398 e. The first-order chi connectivity index (χ1) is 8.24. The van der Waals surface area contributed by atoms with Gasteiger partial charge in [0.15, 0.2) is 5.65 Å². The average molecular weight is 226 g/mol. The summed E-state index contributed by atoms with van der Waals surface area (Å²) in [7, 11) is 0. The van der Waals surface area contributed by atoms with Crippen LogP contribution in [-0.4, -0.2) is 20.2 Å². The van der Waals surface area contributed by atoms with Crippen molar-refractivity contribution in [2.75, 3.05) is 11.5 Å². The number of fused-ring (bicyclic) bond motifs is 1. The molecule has 5 N–H and O–H groups in total. The lowest BCUT2D eigenvalue weighted by Gasteiger charge is -2.04. The summed E-state index contributed by atoms with van der Waals surface area (Å²) in [5, 5.41) is 7.52. The van der Waals surface area contributed by atoms with Crippen LogP contribution in [0, 0.1) is 0 Å². The number of nitrogen functional groups attached to an aromatic ring is 2. The van der Waals surface area contributed by atoms with E-state index < -0.39 is 0 Å². The van der Waals surface area contributed by atoms with Crippen molar-refractivity contribution in [3.63, 3.8) is 0 Å². The van der Waals surface area contributed by atoms with E-state index in [4.69, 9.17) is 11.5 Å². The van der Waals surface area contributed by atoms with Gasteiger partial charge in [0.05, 0.1) is 11.4 Å². The number of aromatic amines is 1. The van der Waals surface area contributed by atoms with Gasteiger partial charge in [-0.1, -0.05) is 0 Å². The zero-order valence-corrected chi connectivity index (χ0v) is 8.88. The molecule has 6 nitrogen and oxygen atoms in total. The highest BCUT2D eigenvalue weighted by Gasteiger charge is 2.06. The monoisotopic (exact) mass is 226 g/mol. The summed E-state index contributed by atoms with van der Waals surface area (Å²) in [4.78, 5) is 8.56. The molecule has 0 aliphatic rings. The summed E-state index contributed by atoms with van der Waals surface area (Å²) in [5.74, 6) is 0.365. The van der Waals surface area contributed by atoms with Gasteiger partial charge >= 0.3 is 0 Å². The first-order valence-electron chi connectivity index (χ1n) is 5.06. The number of rotatable bonds is 1. The second-order valence-corrected chi connectivity index (χ2v) is 3.67. The normalized spacial score (nSPS) is 10.8. The number of nitrogens with one attached hydrogen (secondary N) is 1. The van der Waals surface area contributed by atoms with Crippen molar-refractivity contribution in [1.29, 1.82) is 0 Å². The zero-order valence-electron chi connectivity index (χ0n) is 8.88. The first-order valence-corrected chi connectivity index (χ1v) is 5.06. The van der Waals surface area contributed by atoms with E-state index in [1.807, 2.05) is 18.2 Å². The molecule has 0 unspecified atom stereocenters. The molecular weight excluding hydrogens is 216 g/mol. The Morgan fingerprint density at radius 3 is 2.71 bits per heavy atom. The number of pyridine rings is 2. The Morgan fingerprint density at radius 2 is 1.94 bits per heavy atom. The van der Waals surface area contributed by atoms with Crippen LogP contribution in [-0.2, 0) is 0 Å². The van der Waals surface area contributed by atoms with E-state index in [1.165, 1.54) is 0 Å². The first kappa shape index (κ1) is 9.59. The fourth-order valence-electron chi connectivity index (χ4n) is 1.70. The van der Waals surface area contributed by atoms with E-state index in [9.17, 15) is 0 Å². The number of hydrogen-bond acceptors (Lipinski definition) is 5. The molecule has 0 spiro atoms. The second-order valence-electron chi connectivity index (χ2n) is 3.67. The lowest BCUT2D eigenvalue weighted by molar-refractivity contribution is 1.09. The Morgan fingerprint density at radius 1 is 1.06 bits per heavy atom. The molecule has 3 rings (SSSR count). The molecule has 0 radical (unpaired) electrons. The van der Waals surface area contributed by atoms with Crippen molar-refractivity contribution in [3.05, 3.63) is 30.5 Å². The molecule has 6 heteroatoms. The molecule has 3 heterocycles. The molecule has 84 valence electrons. The third kappa shape index (κ3) is 1.55. The Hall–Kier alpha value is -2.63. The largest absolute Gasteiger partial charge is 0.398 e. The van der Waals surface area contributed by atoms with Crippen LogP contribution in [0.15, 0.2) is 30.5 Å². The topological polar surface area (TPSA) is 106 Å². The molecule has 3 aromatic rings. The highest BCUT2D eigenvalue weighted by Crippen LogP contribution is 2.23. The number of H-pyrrole nitrogens is 1. The van der Waals surface area contributed by atoms with E-state index >= 15 is 0 Å². The molecule has 0 aliphatic carbocycles. The van der Waals surface area contributed by atoms with Crippen molar-refractivity contribution in [1.82, 2.24) is 20.2 Å². The summed E-state index contributed by atoms with van der Waals surface area (Å²) in [6.45, 7) is 0. The van der Waals surface area contributed by atoms with Crippen molar-refractivity contribution < 1.29 is 0 Å². The van der Waals surface area contributed by atoms with E-state index in [1.54, 1.807) is 12.3 Å². The van der Waals surface area contributed by atoms with E-state index in [-0.39, 0.29) is 0 Å². The van der Waals surface area contributed by atoms with Crippen molar-refractivity contribution in [2.24, 2.45) is 0 Å². The van der Waals surface area contributed by atoms with Crippen LogP contribution in [0.1, 0.15) is 0 Å². The van der Waals surface area contributed by atoms with E-state index in [0.29, 0.717) is 17.2 Å². The molecule has 0 saturated heterocycles. The Balaban J connectivity index is 2.26. The fraction of sp³-hybridized carbons (Fsp3) is 0. The number of aromatic nitrogens is 4. The highest BCUT2D eigenvalue weighted by molar-refractivity contribution is 5.90. The molecular formula is C11H10N6. The summed E-state index contributed by atoms with van der Waals surface area (Å²) in [6.07, 6.45) is 1.67. The second kappa shape index (κ2) is 3.44. The molecule has 0 fully saturated rings. The molecule has 3 aromatic heterocycles. The Kier molecular flexibility index (Phi) is 1.94. The van der Waals surface area contributed by atoms with Crippen LogP contribution in [0.2, 0.25) is 0 Å². The Bertz CT molecular complexity index is 674. The van der Waals surface area contributed by atoms with Gasteiger partial charge < -0.3 is 11.5 Å². The molecule has 0 amide bonds. The van der Waals surface area contributed by atoms with Crippen molar-refractivity contribution in [2.45, 2.75) is 0 Å². The minimum atomic E-state index is 0.365. The smallest absolute Gasteiger partial charge is 0.164 e. The number of anilines is 2. The SMILES string of the molecule is Nc1cc(N)c2ccc(-c3ccn[nH]3)nc2n1. The van der Waals surface area contributed by atoms with Crippen molar-refractivity contribution in [3.8, 4) is 11.4 Å². The molecule has 0 aliphatic heterocycles. The van der Waals surface area contributed by atoms with Crippen LogP contribution < -0.4 is 11.5 Å². The quantitative estimate of drug-likeness (QED) is 0.577. The van der Waals surface area contributed by atoms with Crippen LogP contribution in [0.4, 0.5) is 11.5 Å². The predicted molar refractivity (Wildman–Crippen MR) is 65.9 cm³/mol. The summed E-state index contributed by atoms with van der Waals surface area (Å²) >= 11 is 0. The maximum absolute atomic E-state index is 5.85. The average Bonchev–Trinajstić information content (AvgIpc) is 2.81. The van der Waals surface area contributed by atoms with Crippen LogP contribution in [0.5, 0.6) is 0 Å². The molecule has 0 saturated carbocycles. The fourth-order valence-corrected chi connectivity index (χ4v) is 1.70. The lowest BCUT2D eigenvalue weighted by Crippen LogP contribution is -1.97. The highest BCUT2D eigenvalue weighted by atomic mass is 15.1. The molecule has 17 heavy (non-hydrogen) atoms. The van der Waals surface area contributed by atoms with Gasteiger partial charge in [-0.25, -0.2) is 9.97 Å². The zero-order chi connectivity index (χ0) is 11.8.